The number of carbonyl (C=O) groups is 1. The first-order valence-electron chi connectivity index (χ1n) is 9.82. The third kappa shape index (κ3) is 5.62. The number of hydrogen-bond donors (Lipinski definition) is 1. The van der Waals surface area contributed by atoms with E-state index in [1.807, 2.05) is 5.38 Å². The molecule has 3 rings (SSSR count). The van der Waals surface area contributed by atoms with Crippen LogP contribution in [-0.4, -0.2) is 62.4 Å². The molecule has 0 bridgehead atoms. The van der Waals surface area contributed by atoms with E-state index in [1.165, 1.54) is 11.3 Å². The molecule has 2 unspecified atom stereocenters. The Kier molecular flexibility index (Phi) is 7.52. The summed E-state index contributed by atoms with van der Waals surface area (Å²) in [5, 5.41) is 5.46. The number of amides is 1. The molecule has 0 radical (unpaired) electrons. The predicted molar refractivity (Wildman–Crippen MR) is 116 cm³/mol. The molecule has 1 saturated heterocycles. The summed E-state index contributed by atoms with van der Waals surface area (Å²) in [6.45, 7) is 6.67. The number of rotatable bonds is 8. The molecule has 1 N–H and O–H groups in total. The second-order valence-corrected chi connectivity index (χ2v) is 8.21. The van der Waals surface area contributed by atoms with E-state index in [0.717, 1.165) is 30.9 Å². The van der Waals surface area contributed by atoms with Crippen LogP contribution in [0.15, 0.2) is 17.5 Å². The molecule has 2 aromatic rings. The van der Waals surface area contributed by atoms with Gasteiger partial charge in [0.1, 0.15) is 0 Å². The van der Waals surface area contributed by atoms with Crippen molar-refractivity contribution in [3.8, 4) is 17.2 Å². The number of benzene rings is 1. The highest BCUT2D eigenvalue weighted by atomic mass is 32.1. The zero-order valence-corrected chi connectivity index (χ0v) is 18.9. The van der Waals surface area contributed by atoms with Crippen molar-refractivity contribution in [1.29, 1.82) is 0 Å². The highest BCUT2D eigenvalue weighted by molar-refractivity contribution is 7.13. The molecular formula is C21H29N3O5S. The molecule has 2 heterocycles. The maximum absolute atomic E-state index is 12.5. The van der Waals surface area contributed by atoms with E-state index >= 15 is 0 Å². The molecule has 2 atom stereocenters. The van der Waals surface area contributed by atoms with Crippen molar-refractivity contribution >= 4 is 22.4 Å². The molecule has 0 spiro atoms. The van der Waals surface area contributed by atoms with Crippen LogP contribution < -0.4 is 19.5 Å². The summed E-state index contributed by atoms with van der Waals surface area (Å²) < 4.78 is 21.8. The first-order valence-corrected chi connectivity index (χ1v) is 10.7. The van der Waals surface area contributed by atoms with Crippen LogP contribution in [0.2, 0.25) is 0 Å². The van der Waals surface area contributed by atoms with Gasteiger partial charge in [0.25, 0.3) is 0 Å². The van der Waals surface area contributed by atoms with E-state index in [-0.39, 0.29) is 24.5 Å². The molecule has 1 aliphatic heterocycles. The number of ether oxygens (including phenoxy) is 4. The van der Waals surface area contributed by atoms with Crippen molar-refractivity contribution in [3.63, 3.8) is 0 Å². The third-order valence-corrected chi connectivity index (χ3v) is 5.57. The lowest BCUT2D eigenvalue weighted by Crippen LogP contribution is -2.44. The number of morpholine rings is 1. The lowest BCUT2D eigenvalue weighted by atomic mass is 10.1. The quantitative estimate of drug-likeness (QED) is 0.683. The van der Waals surface area contributed by atoms with E-state index < -0.39 is 0 Å². The predicted octanol–water partition coefficient (Wildman–Crippen LogP) is 2.96. The average Bonchev–Trinajstić information content (AvgIpc) is 3.12. The van der Waals surface area contributed by atoms with Gasteiger partial charge in [-0.15, -0.1) is 11.3 Å². The smallest absolute Gasteiger partial charge is 0.230 e. The lowest BCUT2D eigenvalue weighted by Gasteiger charge is -2.34. The molecule has 0 aliphatic carbocycles. The first-order chi connectivity index (χ1) is 14.4. The highest BCUT2D eigenvalue weighted by Gasteiger charge is 2.23. The van der Waals surface area contributed by atoms with E-state index in [4.69, 9.17) is 18.9 Å². The van der Waals surface area contributed by atoms with Crippen molar-refractivity contribution in [3.05, 3.63) is 28.8 Å². The fourth-order valence-corrected chi connectivity index (χ4v) is 4.38. The summed E-state index contributed by atoms with van der Waals surface area (Å²) in [5.74, 6) is 1.38. The Morgan fingerprint density at radius 3 is 2.37 bits per heavy atom. The van der Waals surface area contributed by atoms with E-state index in [2.05, 4.69) is 29.0 Å². The Hall–Kier alpha value is -2.36. The summed E-state index contributed by atoms with van der Waals surface area (Å²) in [4.78, 5) is 19.4. The maximum atomic E-state index is 12.5. The second-order valence-electron chi connectivity index (χ2n) is 7.35. The molecule has 30 heavy (non-hydrogen) atoms. The standard InChI is InChI=1S/C21H29N3O5S/c1-13-9-24(10-14(2)29-13)11-16-12-30-21(22-16)23-19(25)8-15-6-17(26-3)20(28-5)18(7-15)27-4/h6-7,12-14H,8-11H2,1-5H3,(H,22,23,25). The molecule has 1 aromatic carbocycles. The van der Waals surface area contributed by atoms with E-state index in [9.17, 15) is 4.79 Å². The largest absolute Gasteiger partial charge is 0.493 e. The third-order valence-electron chi connectivity index (χ3n) is 4.77. The number of anilines is 1. The number of nitrogens with zero attached hydrogens (tertiary/aromatic N) is 2. The van der Waals surface area contributed by atoms with Crippen LogP contribution >= 0.6 is 11.3 Å². The van der Waals surface area contributed by atoms with Crippen molar-refractivity contribution in [1.82, 2.24) is 9.88 Å². The SMILES string of the molecule is COc1cc(CC(=O)Nc2nc(CN3CC(C)OC(C)C3)cs2)cc(OC)c1OC. The Balaban J connectivity index is 1.61. The van der Waals surface area contributed by atoms with E-state index in [0.29, 0.717) is 22.4 Å². The summed E-state index contributed by atoms with van der Waals surface area (Å²) in [6, 6.07) is 3.55. The first kappa shape index (κ1) is 22.3. The van der Waals surface area contributed by atoms with Crippen LogP contribution in [0.4, 0.5) is 5.13 Å². The zero-order chi connectivity index (χ0) is 21.7. The molecule has 164 valence electrons. The van der Waals surface area contributed by atoms with Crippen LogP contribution in [0.3, 0.4) is 0 Å². The number of thiazole rings is 1. The van der Waals surface area contributed by atoms with Gasteiger partial charge in [-0.05, 0) is 31.5 Å². The summed E-state index contributed by atoms with van der Waals surface area (Å²) >= 11 is 1.43. The molecule has 1 amide bonds. The van der Waals surface area contributed by atoms with Crippen LogP contribution in [0, 0.1) is 0 Å². The molecule has 1 aliphatic rings. The molecule has 8 nitrogen and oxygen atoms in total. The minimum absolute atomic E-state index is 0.154. The highest BCUT2D eigenvalue weighted by Crippen LogP contribution is 2.38. The second kappa shape index (κ2) is 10.1. The van der Waals surface area contributed by atoms with Gasteiger partial charge in [-0.25, -0.2) is 4.98 Å². The monoisotopic (exact) mass is 435 g/mol. The van der Waals surface area contributed by atoms with Crippen molar-refractivity contribution in [2.24, 2.45) is 0 Å². The number of carbonyl (C=O) groups excluding carboxylic acids is 1. The zero-order valence-electron chi connectivity index (χ0n) is 18.1. The minimum atomic E-state index is -0.154. The number of aromatic nitrogens is 1. The average molecular weight is 436 g/mol. The van der Waals surface area contributed by atoms with Gasteiger partial charge < -0.3 is 24.3 Å². The summed E-state index contributed by atoms with van der Waals surface area (Å²) in [7, 11) is 4.65. The summed E-state index contributed by atoms with van der Waals surface area (Å²) in [5.41, 5.74) is 1.71. The fraction of sp³-hybridized carbons (Fsp3) is 0.524. The molecule has 9 heteroatoms. The van der Waals surface area contributed by atoms with Gasteiger partial charge in [0.05, 0.1) is 45.7 Å². The number of nitrogens with one attached hydrogen (secondary N) is 1. The Labute approximate surface area is 181 Å². The molecular weight excluding hydrogens is 406 g/mol. The van der Waals surface area contributed by atoms with Gasteiger partial charge in [0.15, 0.2) is 16.6 Å². The number of methoxy groups -OCH3 is 3. The van der Waals surface area contributed by atoms with Crippen LogP contribution in [0.1, 0.15) is 25.1 Å². The lowest BCUT2D eigenvalue weighted by molar-refractivity contribution is -0.115. The molecule has 1 fully saturated rings. The van der Waals surface area contributed by atoms with Crippen LogP contribution in [-0.2, 0) is 22.5 Å². The van der Waals surface area contributed by atoms with Gasteiger partial charge in [0, 0.05) is 25.0 Å². The maximum Gasteiger partial charge on any atom is 0.230 e. The Bertz CT molecular complexity index is 837. The van der Waals surface area contributed by atoms with Crippen LogP contribution in [0.25, 0.3) is 0 Å². The van der Waals surface area contributed by atoms with Gasteiger partial charge in [-0.3, -0.25) is 9.69 Å². The van der Waals surface area contributed by atoms with Crippen LogP contribution in [0.5, 0.6) is 17.2 Å². The molecule has 1 aromatic heterocycles. The normalized spacial score (nSPS) is 19.4. The van der Waals surface area contributed by atoms with Gasteiger partial charge in [-0.1, -0.05) is 0 Å². The minimum Gasteiger partial charge on any atom is -0.493 e. The van der Waals surface area contributed by atoms with Crippen molar-refractivity contribution in [2.45, 2.75) is 39.0 Å². The fourth-order valence-electron chi connectivity index (χ4n) is 3.67. The Morgan fingerprint density at radius 1 is 1.17 bits per heavy atom. The Morgan fingerprint density at radius 2 is 1.80 bits per heavy atom. The van der Waals surface area contributed by atoms with Crippen molar-refractivity contribution < 1.29 is 23.7 Å². The van der Waals surface area contributed by atoms with Crippen molar-refractivity contribution in [2.75, 3.05) is 39.7 Å². The van der Waals surface area contributed by atoms with Gasteiger partial charge in [-0.2, -0.15) is 0 Å². The van der Waals surface area contributed by atoms with Gasteiger partial charge >= 0.3 is 0 Å². The summed E-state index contributed by atoms with van der Waals surface area (Å²) in [6.07, 6.45) is 0.597. The van der Waals surface area contributed by atoms with Gasteiger partial charge in [0.2, 0.25) is 11.7 Å². The topological polar surface area (TPSA) is 82.2 Å². The van der Waals surface area contributed by atoms with E-state index in [1.54, 1.807) is 33.5 Å². The number of hydrogen-bond acceptors (Lipinski definition) is 8. The molecule has 0 saturated carbocycles.